The number of aromatic nitrogens is 1. The van der Waals surface area contributed by atoms with Crippen LogP contribution in [0, 0.1) is 0 Å². The SMILES string of the molecule is O=C(OC(F)F)c1nccs1. The van der Waals surface area contributed by atoms with Gasteiger partial charge in [-0.05, 0) is 0 Å². The first kappa shape index (κ1) is 8.06. The van der Waals surface area contributed by atoms with Crippen molar-refractivity contribution in [1.29, 1.82) is 0 Å². The Morgan fingerprint density at radius 1 is 1.73 bits per heavy atom. The maximum Gasteiger partial charge on any atom is 0.389 e. The number of ether oxygens (including phenoxy) is 1. The molecule has 0 unspecified atom stereocenters. The fraction of sp³-hybridized carbons (Fsp3) is 0.200. The molecule has 0 spiro atoms. The van der Waals surface area contributed by atoms with Crippen LogP contribution in [0.3, 0.4) is 0 Å². The highest BCUT2D eigenvalue weighted by atomic mass is 32.1. The first-order valence-corrected chi connectivity index (χ1v) is 3.47. The Balaban J connectivity index is 2.57. The zero-order valence-electron chi connectivity index (χ0n) is 5.16. The average molecular weight is 179 g/mol. The predicted octanol–water partition coefficient (Wildman–Crippen LogP) is 1.52. The van der Waals surface area contributed by atoms with Crippen molar-refractivity contribution in [3.8, 4) is 0 Å². The lowest BCUT2D eigenvalue weighted by molar-refractivity contribution is -0.0906. The Morgan fingerprint density at radius 3 is 2.91 bits per heavy atom. The van der Waals surface area contributed by atoms with E-state index in [9.17, 15) is 13.6 Å². The van der Waals surface area contributed by atoms with Crippen molar-refractivity contribution in [3.63, 3.8) is 0 Å². The molecule has 0 bridgehead atoms. The van der Waals surface area contributed by atoms with E-state index in [4.69, 9.17) is 0 Å². The van der Waals surface area contributed by atoms with Gasteiger partial charge in [-0.3, -0.25) is 0 Å². The lowest BCUT2D eigenvalue weighted by Gasteiger charge is -1.97. The number of rotatable bonds is 2. The van der Waals surface area contributed by atoms with Gasteiger partial charge in [0.1, 0.15) is 0 Å². The number of carbonyl (C=O) groups excluding carboxylic acids is 1. The summed E-state index contributed by atoms with van der Waals surface area (Å²) in [6, 6.07) is 0. The second-order valence-corrected chi connectivity index (χ2v) is 2.40. The molecular formula is C5H3F2NO2S. The third-order valence-electron chi connectivity index (χ3n) is 0.803. The smallest absolute Gasteiger partial charge is 0.389 e. The fourth-order valence-electron chi connectivity index (χ4n) is 0.456. The molecule has 6 heteroatoms. The Morgan fingerprint density at radius 2 is 2.45 bits per heavy atom. The van der Waals surface area contributed by atoms with E-state index in [2.05, 4.69) is 9.72 Å². The van der Waals surface area contributed by atoms with Gasteiger partial charge in [0.05, 0.1) is 0 Å². The summed E-state index contributed by atoms with van der Waals surface area (Å²) in [5.74, 6) is -1.09. The zero-order chi connectivity index (χ0) is 8.27. The first-order chi connectivity index (χ1) is 5.20. The van der Waals surface area contributed by atoms with Crippen molar-refractivity contribution < 1.29 is 18.3 Å². The predicted molar refractivity (Wildman–Crippen MR) is 33.5 cm³/mol. The maximum atomic E-state index is 11.4. The highest BCUT2D eigenvalue weighted by Gasteiger charge is 2.14. The molecule has 0 aliphatic carbocycles. The van der Waals surface area contributed by atoms with Crippen molar-refractivity contribution in [3.05, 3.63) is 16.6 Å². The van der Waals surface area contributed by atoms with Gasteiger partial charge in [-0.15, -0.1) is 11.3 Å². The molecule has 0 amide bonds. The number of carbonyl (C=O) groups is 1. The van der Waals surface area contributed by atoms with Gasteiger partial charge in [-0.2, -0.15) is 8.78 Å². The van der Waals surface area contributed by atoms with Crippen LogP contribution in [-0.2, 0) is 4.74 Å². The summed E-state index contributed by atoms with van der Waals surface area (Å²) in [5.41, 5.74) is 0. The summed E-state index contributed by atoms with van der Waals surface area (Å²) in [6.45, 7) is -3.08. The van der Waals surface area contributed by atoms with Crippen molar-refractivity contribution in [2.45, 2.75) is 6.61 Å². The van der Waals surface area contributed by atoms with Gasteiger partial charge in [0.15, 0.2) is 0 Å². The lowest BCUT2D eigenvalue weighted by Crippen LogP contribution is -2.08. The van der Waals surface area contributed by atoms with Crippen LogP contribution in [0.5, 0.6) is 0 Å². The Bertz CT molecular complexity index is 237. The first-order valence-electron chi connectivity index (χ1n) is 2.59. The van der Waals surface area contributed by atoms with Gasteiger partial charge in [0.2, 0.25) is 5.01 Å². The molecule has 1 aromatic rings. The monoisotopic (exact) mass is 179 g/mol. The maximum absolute atomic E-state index is 11.4. The molecule has 0 aromatic carbocycles. The average Bonchev–Trinajstić information content (AvgIpc) is 2.35. The molecule has 0 aliphatic rings. The molecule has 0 fully saturated rings. The molecule has 0 saturated carbocycles. The molecule has 1 rings (SSSR count). The Labute approximate surface area is 64.6 Å². The summed E-state index contributed by atoms with van der Waals surface area (Å²) in [5, 5.41) is 1.44. The zero-order valence-corrected chi connectivity index (χ0v) is 5.98. The summed E-state index contributed by atoms with van der Waals surface area (Å²) < 4.78 is 26.4. The number of esters is 1. The second kappa shape index (κ2) is 3.38. The van der Waals surface area contributed by atoms with E-state index < -0.39 is 12.6 Å². The minimum atomic E-state index is -3.08. The van der Waals surface area contributed by atoms with Gasteiger partial charge in [-0.1, -0.05) is 0 Å². The van der Waals surface area contributed by atoms with Crippen LogP contribution < -0.4 is 0 Å². The van der Waals surface area contributed by atoms with E-state index in [1.54, 1.807) is 0 Å². The quantitative estimate of drug-likeness (QED) is 0.646. The normalized spacial score (nSPS) is 10.1. The largest absolute Gasteiger partial charge is 0.398 e. The molecule has 0 saturated heterocycles. The van der Waals surface area contributed by atoms with Crippen LogP contribution in [0.15, 0.2) is 11.6 Å². The fourth-order valence-corrected chi connectivity index (χ4v) is 0.972. The van der Waals surface area contributed by atoms with E-state index >= 15 is 0 Å². The van der Waals surface area contributed by atoms with Crippen LogP contribution in [0.1, 0.15) is 9.80 Å². The molecular weight excluding hydrogens is 176 g/mol. The molecule has 11 heavy (non-hydrogen) atoms. The van der Waals surface area contributed by atoms with E-state index in [1.807, 2.05) is 0 Å². The number of hydrogen-bond acceptors (Lipinski definition) is 4. The van der Waals surface area contributed by atoms with Crippen LogP contribution >= 0.6 is 11.3 Å². The Kier molecular flexibility index (Phi) is 2.48. The van der Waals surface area contributed by atoms with E-state index in [-0.39, 0.29) is 5.01 Å². The number of halogens is 2. The van der Waals surface area contributed by atoms with Crippen molar-refractivity contribution in [1.82, 2.24) is 4.98 Å². The van der Waals surface area contributed by atoms with E-state index in [0.29, 0.717) is 0 Å². The van der Waals surface area contributed by atoms with Crippen molar-refractivity contribution in [2.75, 3.05) is 0 Å². The molecule has 0 aliphatic heterocycles. The molecule has 60 valence electrons. The van der Waals surface area contributed by atoms with Crippen LogP contribution in [-0.4, -0.2) is 17.6 Å². The summed E-state index contributed by atoms with van der Waals surface area (Å²) in [7, 11) is 0. The van der Waals surface area contributed by atoms with E-state index in [0.717, 1.165) is 11.3 Å². The topological polar surface area (TPSA) is 39.2 Å². The molecule has 1 heterocycles. The minimum Gasteiger partial charge on any atom is -0.398 e. The standard InChI is InChI=1S/C5H3F2NO2S/c6-5(7)10-4(9)3-8-1-2-11-3/h1-2,5H. The van der Waals surface area contributed by atoms with Gasteiger partial charge in [-0.25, -0.2) is 9.78 Å². The molecule has 0 atom stereocenters. The second-order valence-electron chi connectivity index (χ2n) is 1.50. The number of hydrogen-bond donors (Lipinski definition) is 0. The van der Waals surface area contributed by atoms with Crippen molar-refractivity contribution >= 4 is 17.3 Å². The molecule has 3 nitrogen and oxygen atoms in total. The van der Waals surface area contributed by atoms with Gasteiger partial charge >= 0.3 is 12.6 Å². The lowest BCUT2D eigenvalue weighted by atomic mass is 10.7. The third kappa shape index (κ3) is 2.23. The van der Waals surface area contributed by atoms with Gasteiger partial charge in [0.25, 0.3) is 0 Å². The number of thiazole rings is 1. The Hall–Kier alpha value is -1.04. The molecule has 0 N–H and O–H groups in total. The van der Waals surface area contributed by atoms with Crippen LogP contribution in [0.2, 0.25) is 0 Å². The van der Waals surface area contributed by atoms with Crippen LogP contribution in [0.4, 0.5) is 8.78 Å². The van der Waals surface area contributed by atoms with Crippen LogP contribution in [0.25, 0.3) is 0 Å². The molecule has 1 aromatic heterocycles. The third-order valence-corrected chi connectivity index (χ3v) is 1.56. The summed E-state index contributed by atoms with van der Waals surface area (Å²) in [6.07, 6.45) is 1.34. The van der Waals surface area contributed by atoms with Crippen molar-refractivity contribution in [2.24, 2.45) is 0 Å². The van der Waals surface area contributed by atoms with Gasteiger partial charge < -0.3 is 4.74 Å². The summed E-state index contributed by atoms with van der Waals surface area (Å²) >= 11 is 0.954. The molecule has 0 radical (unpaired) electrons. The highest BCUT2D eigenvalue weighted by Crippen LogP contribution is 2.08. The highest BCUT2D eigenvalue weighted by molar-refractivity contribution is 7.11. The van der Waals surface area contributed by atoms with E-state index in [1.165, 1.54) is 11.6 Å². The summed E-state index contributed by atoms with van der Waals surface area (Å²) in [4.78, 5) is 14.0. The number of alkyl halides is 2. The number of nitrogens with zero attached hydrogens (tertiary/aromatic N) is 1. The minimum absolute atomic E-state index is 0.0645. The van der Waals surface area contributed by atoms with Gasteiger partial charge in [0, 0.05) is 11.6 Å².